The van der Waals surface area contributed by atoms with E-state index in [1.807, 2.05) is 12.1 Å². The van der Waals surface area contributed by atoms with Crippen LogP contribution in [0.4, 0.5) is 16.6 Å². The Bertz CT molecular complexity index is 778. The highest BCUT2D eigenvalue weighted by atomic mass is 32.1. The Morgan fingerprint density at radius 3 is 2.96 bits per heavy atom. The summed E-state index contributed by atoms with van der Waals surface area (Å²) >= 11 is 1.72. The zero-order valence-corrected chi connectivity index (χ0v) is 13.4. The van der Waals surface area contributed by atoms with E-state index in [1.165, 1.54) is 11.0 Å². The lowest BCUT2D eigenvalue weighted by Gasteiger charge is -2.36. The number of nitrogens with two attached hydrogens (primary N) is 1. The van der Waals surface area contributed by atoms with Crippen molar-refractivity contribution in [3.05, 3.63) is 36.8 Å². The SMILES string of the molecule is Nc1cncnc1NCC1CC(Nc2nc3ccccc3s2)C1. The molecule has 1 aromatic carbocycles. The molecule has 3 aromatic rings. The standard InChI is InChI=1S/C16H18N6S/c17-12-8-18-9-20-15(12)19-7-10-5-11(6-10)21-16-22-13-3-1-2-4-14(13)23-16/h1-4,8-11H,5-7,17H2,(H,21,22)(H,18,19,20). The van der Waals surface area contributed by atoms with Crippen LogP contribution in [-0.2, 0) is 0 Å². The molecule has 0 bridgehead atoms. The second-order valence-corrected chi connectivity index (χ2v) is 6.90. The first kappa shape index (κ1) is 14.2. The fourth-order valence-corrected chi connectivity index (χ4v) is 3.80. The third-order valence-corrected chi connectivity index (χ3v) is 5.12. The summed E-state index contributed by atoms with van der Waals surface area (Å²) in [7, 11) is 0. The number of aromatic nitrogens is 3. The molecule has 0 amide bonds. The van der Waals surface area contributed by atoms with Gasteiger partial charge in [-0.2, -0.15) is 0 Å². The van der Waals surface area contributed by atoms with Crippen molar-refractivity contribution in [2.75, 3.05) is 22.9 Å². The summed E-state index contributed by atoms with van der Waals surface area (Å²) in [4.78, 5) is 12.7. The van der Waals surface area contributed by atoms with E-state index >= 15 is 0 Å². The Labute approximate surface area is 138 Å². The summed E-state index contributed by atoms with van der Waals surface area (Å²) in [6.45, 7) is 0.888. The van der Waals surface area contributed by atoms with Crippen molar-refractivity contribution in [3.63, 3.8) is 0 Å². The van der Waals surface area contributed by atoms with Crippen LogP contribution in [0.25, 0.3) is 10.2 Å². The van der Waals surface area contributed by atoms with Crippen LogP contribution in [0.2, 0.25) is 0 Å². The molecule has 0 atom stereocenters. The average molecular weight is 326 g/mol. The summed E-state index contributed by atoms with van der Waals surface area (Å²) in [5.74, 6) is 1.36. The van der Waals surface area contributed by atoms with Gasteiger partial charge in [-0.25, -0.2) is 15.0 Å². The van der Waals surface area contributed by atoms with Crippen molar-refractivity contribution in [2.45, 2.75) is 18.9 Å². The number of anilines is 3. The predicted molar refractivity (Wildman–Crippen MR) is 94.7 cm³/mol. The highest BCUT2D eigenvalue weighted by Gasteiger charge is 2.29. The Kier molecular flexibility index (Phi) is 3.70. The van der Waals surface area contributed by atoms with Crippen LogP contribution >= 0.6 is 11.3 Å². The number of thiazole rings is 1. The van der Waals surface area contributed by atoms with Gasteiger partial charge in [0.1, 0.15) is 6.33 Å². The normalized spacial score (nSPS) is 20.2. The number of nitrogens with one attached hydrogen (secondary N) is 2. The van der Waals surface area contributed by atoms with Crippen LogP contribution in [0.1, 0.15) is 12.8 Å². The van der Waals surface area contributed by atoms with E-state index in [1.54, 1.807) is 17.5 Å². The molecule has 7 heteroatoms. The van der Waals surface area contributed by atoms with Gasteiger partial charge in [-0.3, -0.25) is 0 Å². The van der Waals surface area contributed by atoms with Gasteiger partial charge in [-0.05, 0) is 30.9 Å². The fraction of sp³-hybridized carbons (Fsp3) is 0.312. The quantitative estimate of drug-likeness (QED) is 0.668. The highest BCUT2D eigenvalue weighted by molar-refractivity contribution is 7.22. The number of fused-ring (bicyclic) bond motifs is 1. The van der Waals surface area contributed by atoms with Crippen LogP contribution < -0.4 is 16.4 Å². The largest absolute Gasteiger partial charge is 0.394 e. The molecule has 23 heavy (non-hydrogen) atoms. The molecular weight excluding hydrogens is 308 g/mol. The number of nitrogen functional groups attached to an aromatic ring is 1. The monoisotopic (exact) mass is 326 g/mol. The molecule has 4 N–H and O–H groups in total. The van der Waals surface area contributed by atoms with Gasteiger partial charge in [0.25, 0.3) is 0 Å². The van der Waals surface area contributed by atoms with Crippen molar-refractivity contribution in [1.29, 1.82) is 0 Å². The molecular formula is C16H18N6S. The minimum Gasteiger partial charge on any atom is -0.394 e. The smallest absolute Gasteiger partial charge is 0.184 e. The van der Waals surface area contributed by atoms with Gasteiger partial charge >= 0.3 is 0 Å². The molecule has 118 valence electrons. The van der Waals surface area contributed by atoms with Gasteiger partial charge in [0.15, 0.2) is 10.9 Å². The maximum atomic E-state index is 5.83. The van der Waals surface area contributed by atoms with Crippen LogP contribution in [0.15, 0.2) is 36.8 Å². The molecule has 0 aliphatic heterocycles. The van der Waals surface area contributed by atoms with Crippen LogP contribution in [0, 0.1) is 5.92 Å². The molecule has 0 radical (unpaired) electrons. The first-order valence-corrected chi connectivity index (χ1v) is 8.51. The maximum absolute atomic E-state index is 5.83. The lowest BCUT2D eigenvalue weighted by molar-refractivity contribution is 0.298. The minimum atomic E-state index is 0.505. The molecule has 0 saturated heterocycles. The molecule has 1 aliphatic carbocycles. The third kappa shape index (κ3) is 3.05. The van der Waals surface area contributed by atoms with Crippen LogP contribution in [-0.4, -0.2) is 27.5 Å². The Hall–Kier alpha value is -2.41. The summed E-state index contributed by atoms with van der Waals surface area (Å²) in [6.07, 6.45) is 5.40. The zero-order valence-electron chi connectivity index (χ0n) is 12.6. The molecule has 2 heterocycles. The van der Waals surface area contributed by atoms with E-state index in [0.717, 1.165) is 35.9 Å². The fourth-order valence-electron chi connectivity index (χ4n) is 2.86. The van der Waals surface area contributed by atoms with Crippen LogP contribution in [0.3, 0.4) is 0 Å². The van der Waals surface area contributed by atoms with E-state index in [0.29, 0.717) is 17.6 Å². The van der Waals surface area contributed by atoms with Crippen molar-refractivity contribution in [3.8, 4) is 0 Å². The number of hydrogen-bond donors (Lipinski definition) is 3. The van der Waals surface area contributed by atoms with Gasteiger partial charge < -0.3 is 16.4 Å². The van der Waals surface area contributed by atoms with Gasteiger partial charge in [-0.1, -0.05) is 23.5 Å². The second kappa shape index (κ2) is 6.00. The molecule has 4 rings (SSSR count). The van der Waals surface area contributed by atoms with Crippen molar-refractivity contribution in [1.82, 2.24) is 15.0 Å². The van der Waals surface area contributed by atoms with Crippen molar-refractivity contribution in [2.24, 2.45) is 5.92 Å². The van der Waals surface area contributed by atoms with Gasteiger partial charge in [-0.15, -0.1) is 0 Å². The first-order chi connectivity index (χ1) is 11.3. The number of nitrogens with zero attached hydrogens (tertiary/aromatic N) is 3. The van der Waals surface area contributed by atoms with E-state index in [4.69, 9.17) is 5.73 Å². The van der Waals surface area contributed by atoms with Gasteiger partial charge in [0.05, 0.1) is 22.1 Å². The number of rotatable bonds is 5. The molecule has 1 saturated carbocycles. The Balaban J connectivity index is 1.27. The topological polar surface area (TPSA) is 88.8 Å². The van der Waals surface area contributed by atoms with Gasteiger partial charge in [0.2, 0.25) is 0 Å². The van der Waals surface area contributed by atoms with E-state index in [9.17, 15) is 0 Å². The van der Waals surface area contributed by atoms with Crippen LogP contribution in [0.5, 0.6) is 0 Å². The molecule has 0 unspecified atom stereocenters. The van der Waals surface area contributed by atoms with Crippen molar-refractivity contribution < 1.29 is 0 Å². The summed E-state index contributed by atoms with van der Waals surface area (Å²) in [5.41, 5.74) is 7.49. The molecule has 0 spiro atoms. The molecule has 2 aromatic heterocycles. The van der Waals surface area contributed by atoms with E-state index in [-0.39, 0.29) is 0 Å². The molecule has 1 aliphatic rings. The summed E-state index contributed by atoms with van der Waals surface area (Å²) in [5, 5.41) is 7.86. The highest BCUT2D eigenvalue weighted by Crippen LogP contribution is 2.33. The molecule has 1 fully saturated rings. The number of para-hydroxylation sites is 1. The maximum Gasteiger partial charge on any atom is 0.184 e. The summed E-state index contributed by atoms with van der Waals surface area (Å²) < 4.78 is 1.23. The number of hydrogen-bond acceptors (Lipinski definition) is 7. The Morgan fingerprint density at radius 1 is 1.26 bits per heavy atom. The lowest BCUT2D eigenvalue weighted by atomic mass is 9.80. The van der Waals surface area contributed by atoms with Crippen molar-refractivity contribution >= 4 is 38.2 Å². The summed E-state index contributed by atoms with van der Waals surface area (Å²) in [6, 6.07) is 8.74. The third-order valence-electron chi connectivity index (χ3n) is 4.16. The van der Waals surface area contributed by atoms with E-state index in [2.05, 4.69) is 37.7 Å². The Morgan fingerprint density at radius 2 is 2.13 bits per heavy atom. The number of benzene rings is 1. The second-order valence-electron chi connectivity index (χ2n) is 5.87. The van der Waals surface area contributed by atoms with E-state index < -0.39 is 0 Å². The predicted octanol–water partition coefficient (Wildman–Crippen LogP) is 2.97. The molecule has 6 nitrogen and oxygen atoms in total. The average Bonchev–Trinajstić information content (AvgIpc) is 2.93. The minimum absolute atomic E-state index is 0.505. The lowest BCUT2D eigenvalue weighted by Crippen LogP contribution is -2.38. The zero-order chi connectivity index (χ0) is 15.6. The van der Waals surface area contributed by atoms with Gasteiger partial charge in [0, 0.05) is 12.6 Å². The first-order valence-electron chi connectivity index (χ1n) is 7.69.